The van der Waals surface area contributed by atoms with Crippen molar-refractivity contribution in [2.75, 3.05) is 66.0 Å². The summed E-state index contributed by atoms with van der Waals surface area (Å²) in [5.74, 6) is 2.20. The number of nitrogens with zero attached hydrogens (tertiary/aromatic N) is 2. The van der Waals surface area contributed by atoms with Gasteiger partial charge in [-0.05, 0) is 25.0 Å². The van der Waals surface area contributed by atoms with Crippen LogP contribution in [0.15, 0.2) is 23.2 Å². The van der Waals surface area contributed by atoms with Gasteiger partial charge in [0, 0.05) is 50.4 Å². The van der Waals surface area contributed by atoms with Gasteiger partial charge >= 0.3 is 0 Å². The molecular weight excluding hydrogens is 495 g/mol. The standard InChI is InChI=1S/C22H36N4O3.HI/c1-23-21(25-18-7-8-19(27-2)20(15-18)28-3)24-16-22(9-5-4-6-10-22)17-26-11-13-29-14-12-26;/h7-8,15H,4-6,9-14,16-17H2,1-3H3,(H2,23,24,25);1H. The zero-order valence-electron chi connectivity index (χ0n) is 18.5. The maximum absolute atomic E-state index is 5.53. The van der Waals surface area contributed by atoms with Crippen LogP contribution >= 0.6 is 24.0 Å². The lowest BCUT2D eigenvalue weighted by atomic mass is 9.73. The number of benzene rings is 1. The van der Waals surface area contributed by atoms with Gasteiger partial charge < -0.3 is 24.8 Å². The minimum absolute atomic E-state index is 0. The van der Waals surface area contributed by atoms with Crippen LogP contribution in [-0.4, -0.2) is 71.5 Å². The first kappa shape index (κ1) is 25.0. The first-order valence-corrected chi connectivity index (χ1v) is 10.7. The molecule has 0 spiro atoms. The van der Waals surface area contributed by atoms with E-state index in [9.17, 15) is 0 Å². The number of aliphatic imine (C=N–C) groups is 1. The van der Waals surface area contributed by atoms with Crippen LogP contribution in [0.5, 0.6) is 11.5 Å². The largest absolute Gasteiger partial charge is 0.493 e. The van der Waals surface area contributed by atoms with E-state index in [4.69, 9.17) is 14.2 Å². The summed E-state index contributed by atoms with van der Waals surface area (Å²) >= 11 is 0. The fourth-order valence-electron chi connectivity index (χ4n) is 4.43. The van der Waals surface area contributed by atoms with Crippen LogP contribution in [0.4, 0.5) is 5.69 Å². The number of hydrogen-bond acceptors (Lipinski definition) is 5. The molecule has 0 radical (unpaired) electrons. The van der Waals surface area contributed by atoms with Crippen molar-refractivity contribution in [3.8, 4) is 11.5 Å². The van der Waals surface area contributed by atoms with E-state index < -0.39 is 0 Å². The summed E-state index contributed by atoms with van der Waals surface area (Å²) in [6.07, 6.45) is 6.51. The lowest BCUT2D eigenvalue weighted by molar-refractivity contribution is 0.00825. The van der Waals surface area contributed by atoms with Crippen molar-refractivity contribution >= 4 is 35.6 Å². The number of ether oxygens (including phenoxy) is 3. The van der Waals surface area contributed by atoms with Crippen LogP contribution in [0.1, 0.15) is 32.1 Å². The van der Waals surface area contributed by atoms with Gasteiger partial charge in [-0.3, -0.25) is 9.89 Å². The molecule has 0 amide bonds. The zero-order valence-corrected chi connectivity index (χ0v) is 20.9. The van der Waals surface area contributed by atoms with Crippen LogP contribution in [0, 0.1) is 5.41 Å². The molecule has 8 heteroatoms. The van der Waals surface area contributed by atoms with E-state index >= 15 is 0 Å². The monoisotopic (exact) mass is 532 g/mol. The van der Waals surface area contributed by atoms with Crippen molar-refractivity contribution in [2.45, 2.75) is 32.1 Å². The SMILES string of the molecule is CN=C(NCC1(CN2CCOCC2)CCCCC1)Nc1ccc(OC)c(OC)c1.I. The summed E-state index contributed by atoms with van der Waals surface area (Å²) in [4.78, 5) is 7.00. The first-order valence-electron chi connectivity index (χ1n) is 10.7. The van der Waals surface area contributed by atoms with Gasteiger partial charge in [0.25, 0.3) is 0 Å². The molecule has 2 aliphatic rings. The average molecular weight is 532 g/mol. The number of hydrogen-bond donors (Lipinski definition) is 2. The third-order valence-electron chi connectivity index (χ3n) is 6.08. The van der Waals surface area contributed by atoms with E-state index in [1.54, 1.807) is 14.2 Å². The topological polar surface area (TPSA) is 67.4 Å². The van der Waals surface area contributed by atoms with E-state index in [1.807, 2.05) is 25.2 Å². The minimum atomic E-state index is 0. The molecule has 2 fully saturated rings. The van der Waals surface area contributed by atoms with Crippen molar-refractivity contribution in [3.63, 3.8) is 0 Å². The van der Waals surface area contributed by atoms with Gasteiger partial charge in [0.15, 0.2) is 17.5 Å². The predicted molar refractivity (Wildman–Crippen MR) is 133 cm³/mol. The van der Waals surface area contributed by atoms with E-state index in [2.05, 4.69) is 20.5 Å². The van der Waals surface area contributed by atoms with Crippen LogP contribution in [0.3, 0.4) is 0 Å². The summed E-state index contributed by atoms with van der Waals surface area (Å²) in [5, 5.41) is 6.98. The molecule has 2 N–H and O–H groups in total. The maximum Gasteiger partial charge on any atom is 0.195 e. The number of anilines is 1. The Hall–Kier alpha value is -1.26. The highest BCUT2D eigenvalue weighted by molar-refractivity contribution is 14.0. The molecule has 0 aromatic heterocycles. The Bertz CT molecular complexity index is 674. The van der Waals surface area contributed by atoms with E-state index in [0.29, 0.717) is 16.9 Å². The van der Waals surface area contributed by atoms with Gasteiger partial charge in [-0.15, -0.1) is 24.0 Å². The predicted octanol–water partition coefficient (Wildman–Crippen LogP) is 3.59. The van der Waals surface area contributed by atoms with E-state index in [0.717, 1.165) is 51.0 Å². The van der Waals surface area contributed by atoms with Gasteiger partial charge in [0.1, 0.15) is 0 Å². The number of methoxy groups -OCH3 is 2. The van der Waals surface area contributed by atoms with Gasteiger partial charge in [-0.25, -0.2) is 0 Å². The molecule has 170 valence electrons. The smallest absolute Gasteiger partial charge is 0.195 e. The molecular formula is C22H37IN4O3. The summed E-state index contributed by atoms with van der Waals surface area (Å²) < 4.78 is 16.3. The van der Waals surface area contributed by atoms with Gasteiger partial charge in [0.2, 0.25) is 0 Å². The second-order valence-corrected chi connectivity index (χ2v) is 8.07. The van der Waals surface area contributed by atoms with Crippen molar-refractivity contribution in [2.24, 2.45) is 10.4 Å². The molecule has 3 rings (SSSR count). The molecule has 30 heavy (non-hydrogen) atoms. The lowest BCUT2D eigenvalue weighted by Gasteiger charge is -2.42. The molecule has 0 bridgehead atoms. The summed E-state index contributed by atoms with van der Waals surface area (Å²) in [6, 6.07) is 5.80. The quantitative estimate of drug-likeness (QED) is 0.318. The third-order valence-corrected chi connectivity index (χ3v) is 6.08. The molecule has 1 aromatic carbocycles. The number of morpholine rings is 1. The molecule has 0 atom stereocenters. The molecule has 1 aliphatic heterocycles. The second kappa shape index (κ2) is 12.6. The number of guanidine groups is 1. The Morgan fingerprint density at radius 3 is 2.43 bits per heavy atom. The van der Waals surface area contributed by atoms with Gasteiger partial charge in [-0.1, -0.05) is 19.3 Å². The van der Waals surface area contributed by atoms with Crippen molar-refractivity contribution in [3.05, 3.63) is 18.2 Å². The molecule has 1 saturated heterocycles. The lowest BCUT2D eigenvalue weighted by Crippen LogP contribution is -2.50. The summed E-state index contributed by atoms with van der Waals surface area (Å²) in [6.45, 7) is 5.85. The molecule has 1 heterocycles. The molecule has 7 nitrogen and oxygen atoms in total. The number of nitrogens with one attached hydrogen (secondary N) is 2. The molecule has 1 saturated carbocycles. The first-order chi connectivity index (χ1) is 14.2. The Balaban J connectivity index is 0.00000320. The molecule has 1 aromatic rings. The van der Waals surface area contributed by atoms with Crippen LogP contribution in [0.2, 0.25) is 0 Å². The fraction of sp³-hybridized carbons (Fsp3) is 0.682. The van der Waals surface area contributed by atoms with Crippen molar-refractivity contribution < 1.29 is 14.2 Å². The molecule has 1 aliphatic carbocycles. The Morgan fingerprint density at radius 1 is 1.10 bits per heavy atom. The maximum atomic E-state index is 5.53. The Morgan fingerprint density at radius 2 is 1.80 bits per heavy atom. The molecule has 0 unspecified atom stereocenters. The zero-order chi connectivity index (χ0) is 20.5. The summed E-state index contributed by atoms with van der Waals surface area (Å²) in [5.41, 5.74) is 1.21. The normalized spacial score (nSPS) is 19.5. The number of rotatable bonds is 7. The number of halogens is 1. The van der Waals surface area contributed by atoms with Crippen LogP contribution in [-0.2, 0) is 4.74 Å². The van der Waals surface area contributed by atoms with Crippen LogP contribution in [0.25, 0.3) is 0 Å². The fourth-order valence-corrected chi connectivity index (χ4v) is 4.43. The van der Waals surface area contributed by atoms with Crippen LogP contribution < -0.4 is 20.1 Å². The van der Waals surface area contributed by atoms with E-state index in [1.165, 1.54) is 32.1 Å². The highest BCUT2D eigenvalue weighted by Crippen LogP contribution is 2.37. The van der Waals surface area contributed by atoms with Crippen molar-refractivity contribution in [1.29, 1.82) is 0 Å². The highest BCUT2D eigenvalue weighted by Gasteiger charge is 2.34. The minimum Gasteiger partial charge on any atom is -0.493 e. The summed E-state index contributed by atoms with van der Waals surface area (Å²) in [7, 11) is 5.10. The Labute approximate surface area is 197 Å². The highest BCUT2D eigenvalue weighted by atomic mass is 127. The third kappa shape index (κ3) is 6.88. The van der Waals surface area contributed by atoms with Crippen molar-refractivity contribution in [1.82, 2.24) is 10.2 Å². The average Bonchev–Trinajstić information content (AvgIpc) is 2.77. The van der Waals surface area contributed by atoms with E-state index in [-0.39, 0.29) is 24.0 Å². The van der Waals surface area contributed by atoms with Gasteiger partial charge in [0.05, 0.1) is 27.4 Å². The Kier molecular flexibility index (Phi) is 10.5. The second-order valence-electron chi connectivity index (χ2n) is 8.07. The van der Waals surface area contributed by atoms with Gasteiger partial charge in [-0.2, -0.15) is 0 Å².